The van der Waals surface area contributed by atoms with Crippen molar-refractivity contribution in [3.8, 4) is 0 Å². The van der Waals surface area contributed by atoms with Gasteiger partial charge in [0.1, 0.15) is 6.10 Å². The molecule has 1 unspecified atom stereocenters. The Morgan fingerprint density at radius 3 is 2.30 bits per heavy atom. The summed E-state index contributed by atoms with van der Waals surface area (Å²) in [5.74, 6) is 0.903. The molecule has 1 aliphatic heterocycles. The van der Waals surface area contributed by atoms with E-state index in [0.717, 1.165) is 12.4 Å². The Bertz CT molecular complexity index is 155. The third-order valence-corrected chi connectivity index (χ3v) is 1.45. The van der Waals surface area contributed by atoms with Crippen molar-refractivity contribution < 1.29 is 4.74 Å². The van der Waals surface area contributed by atoms with Crippen LogP contribution in [0.4, 0.5) is 0 Å². The van der Waals surface area contributed by atoms with Crippen molar-refractivity contribution in [2.24, 2.45) is 10.4 Å². The molecule has 0 aromatic heterocycles. The Kier molecular flexibility index (Phi) is 1.71. The fraction of sp³-hybridized carbons (Fsp3) is 0.875. The smallest absolute Gasteiger partial charge is 0.189 e. The first-order chi connectivity index (χ1) is 4.50. The largest absolute Gasteiger partial charge is 0.476 e. The molecule has 0 amide bonds. The fourth-order valence-electron chi connectivity index (χ4n) is 0.891. The molecule has 0 saturated carbocycles. The van der Waals surface area contributed by atoms with Crippen LogP contribution in [0.25, 0.3) is 0 Å². The summed E-state index contributed by atoms with van der Waals surface area (Å²) in [4.78, 5) is 4.28. The molecule has 58 valence electrons. The van der Waals surface area contributed by atoms with Crippen LogP contribution in [-0.2, 0) is 4.74 Å². The number of aliphatic imine (C=N–C) groups is 1. The SMILES string of the molecule is CC1CN=C(C(C)(C)C)O1. The second-order valence-electron chi connectivity index (χ2n) is 3.82. The van der Waals surface area contributed by atoms with Gasteiger partial charge in [-0.1, -0.05) is 20.8 Å². The van der Waals surface area contributed by atoms with Crippen LogP contribution in [0.15, 0.2) is 4.99 Å². The van der Waals surface area contributed by atoms with Crippen molar-refractivity contribution in [1.82, 2.24) is 0 Å². The molecule has 1 heterocycles. The third kappa shape index (κ3) is 1.49. The third-order valence-electron chi connectivity index (χ3n) is 1.45. The Hall–Kier alpha value is -0.530. The van der Waals surface area contributed by atoms with Gasteiger partial charge in [0.25, 0.3) is 0 Å². The molecule has 0 bridgehead atoms. The van der Waals surface area contributed by atoms with Crippen molar-refractivity contribution in [1.29, 1.82) is 0 Å². The fourth-order valence-corrected chi connectivity index (χ4v) is 0.891. The van der Waals surface area contributed by atoms with Crippen LogP contribution < -0.4 is 0 Å². The van der Waals surface area contributed by atoms with E-state index in [-0.39, 0.29) is 11.5 Å². The highest BCUT2D eigenvalue weighted by Gasteiger charge is 2.26. The quantitative estimate of drug-likeness (QED) is 0.504. The van der Waals surface area contributed by atoms with Crippen LogP contribution in [0.3, 0.4) is 0 Å². The van der Waals surface area contributed by atoms with Gasteiger partial charge in [0.15, 0.2) is 5.90 Å². The van der Waals surface area contributed by atoms with Crippen LogP contribution in [0.5, 0.6) is 0 Å². The number of hydrogen-bond donors (Lipinski definition) is 0. The average Bonchev–Trinajstić information content (AvgIpc) is 2.11. The number of hydrogen-bond acceptors (Lipinski definition) is 2. The predicted molar refractivity (Wildman–Crippen MR) is 42.3 cm³/mol. The van der Waals surface area contributed by atoms with Crippen LogP contribution in [0, 0.1) is 5.41 Å². The summed E-state index contributed by atoms with van der Waals surface area (Å²) in [6.45, 7) is 9.21. The molecule has 0 aromatic rings. The molecule has 0 aliphatic carbocycles. The standard InChI is InChI=1S/C8H15NO/c1-6-5-9-7(10-6)8(2,3)4/h6H,5H2,1-4H3. The lowest BCUT2D eigenvalue weighted by atomic mass is 9.97. The molecule has 2 heteroatoms. The van der Waals surface area contributed by atoms with E-state index in [1.807, 2.05) is 6.92 Å². The Balaban J connectivity index is 2.60. The van der Waals surface area contributed by atoms with E-state index < -0.39 is 0 Å². The summed E-state index contributed by atoms with van der Waals surface area (Å²) >= 11 is 0. The normalized spacial score (nSPS) is 26.0. The molecule has 0 aromatic carbocycles. The zero-order chi connectivity index (χ0) is 7.78. The summed E-state index contributed by atoms with van der Waals surface area (Å²) in [5.41, 5.74) is 0.0881. The zero-order valence-electron chi connectivity index (χ0n) is 7.14. The molecule has 0 spiro atoms. The minimum absolute atomic E-state index is 0.0881. The molecule has 0 saturated heterocycles. The van der Waals surface area contributed by atoms with Gasteiger partial charge in [0, 0.05) is 5.41 Å². The van der Waals surface area contributed by atoms with Crippen LogP contribution in [-0.4, -0.2) is 18.5 Å². The number of rotatable bonds is 0. The van der Waals surface area contributed by atoms with Gasteiger partial charge >= 0.3 is 0 Å². The summed E-state index contributed by atoms with van der Waals surface area (Å²) in [6.07, 6.45) is 0.286. The topological polar surface area (TPSA) is 21.6 Å². The van der Waals surface area contributed by atoms with E-state index in [1.165, 1.54) is 0 Å². The maximum absolute atomic E-state index is 5.48. The van der Waals surface area contributed by atoms with Gasteiger partial charge in [-0.3, -0.25) is 4.99 Å². The lowest BCUT2D eigenvalue weighted by molar-refractivity contribution is 0.218. The first-order valence-corrected chi connectivity index (χ1v) is 3.72. The van der Waals surface area contributed by atoms with Gasteiger partial charge < -0.3 is 4.74 Å². The van der Waals surface area contributed by atoms with E-state index >= 15 is 0 Å². The average molecular weight is 141 g/mol. The van der Waals surface area contributed by atoms with Crippen LogP contribution >= 0.6 is 0 Å². The van der Waals surface area contributed by atoms with E-state index in [2.05, 4.69) is 25.8 Å². The molecular weight excluding hydrogens is 126 g/mol. The molecule has 10 heavy (non-hydrogen) atoms. The van der Waals surface area contributed by atoms with Crippen molar-refractivity contribution >= 4 is 5.90 Å². The van der Waals surface area contributed by atoms with E-state index in [1.54, 1.807) is 0 Å². The lowest BCUT2D eigenvalue weighted by Gasteiger charge is -2.18. The van der Waals surface area contributed by atoms with Crippen molar-refractivity contribution in [3.05, 3.63) is 0 Å². The van der Waals surface area contributed by atoms with Crippen molar-refractivity contribution in [2.45, 2.75) is 33.8 Å². The molecule has 2 nitrogen and oxygen atoms in total. The van der Waals surface area contributed by atoms with Crippen molar-refractivity contribution in [3.63, 3.8) is 0 Å². The monoisotopic (exact) mass is 141 g/mol. The van der Waals surface area contributed by atoms with E-state index in [0.29, 0.717) is 0 Å². The summed E-state index contributed by atoms with van der Waals surface area (Å²) in [5, 5.41) is 0. The maximum Gasteiger partial charge on any atom is 0.189 e. The predicted octanol–water partition coefficient (Wildman–Crippen LogP) is 1.85. The summed E-state index contributed by atoms with van der Waals surface area (Å²) < 4.78 is 5.48. The van der Waals surface area contributed by atoms with Gasteiger partial charge in [-0.05, 0) is 6.92 Å². The number of ether oxygens (including phenoxy) is 1. The second kappa shape index (κ2) is 2.26. The molecule has 0 N–H and O–H groups in total. The molecular formula is C8H15NO. The highest BCUT2D eigenvalue weighted by atomic mass is 16.5. The van der Waals surface area contributed by atoms with Gasteiger partial charge in [0.05, 0.1) is 6.54 Å². The highest BCUT2D eigenvalue weighted by Crippen LogP contribution is 2.21. The first-order valence-electron chi connectivity index (χ1n) is 3.72. The van der Waals surface area contributed by atoms with Crippen LogP contribution in [0.2, 0.25) is 0 Å². The van der Waals surface area contributed by atoms with Gasteiger partial charge in [-0.15, -0.1) is 0 Å². The van der Waals surface area contributed by atoms with Gasteiger partial charge in [0.2, 0.25) is 0 Å². The van der Waals surface area contributed by atoms with E-state index in [4.69, 9.17) is 4.74 Å². The summed E-state index contributed by atoms with van der Waals surface area (Å²) in [7, 11) is 0. The minimum atomic E-state index is 0.0881. The highest BCUT2D eigenvalue weighted by molar-refractivity contribution is 5.82. The Labute approximate surface area is 62.3 Å². The molecule has 1 atom stereocenters. The Morgan fingerprint density at radius 2 is 2.10 bits per heavy atom. The summed E-state index contributed by atoms with van der Waals surface area (Å²) in [6, 6.07) is 0. The Morgan fingerprint density at radius 1 is 1.50 bits per heavy atom. The molecule has 1 rings (SSSR count). The molecule has 1 aliphatic rings. The molecule has 0 fully saturated rings. The van der Waals surface area contributed by atoms with Crippen molar-refractivity contribution in [2.75, 3.05) is 6.54 Å². The second-order valence-corrected chi connectivity index (χ2v) is 3.82. The lowest BCUT2D eigenvalue weighted by Crippen LogP contribution is -2.22. The minimum Gasteiger partial charge on any atom is -0.476 e. The first kappa shape index (κ1) is 7.58. The number of nitrogens with zero attached hydrogens (tertiary/aromatic N) is 1. The van der Waals surface area contributed by atoms with Crippen LogP contribution in [0.1, 0.15) is 27.7 Å². The van der Waals surface area contributed by atoms with Gasteiger partial charge in [-0.2, -0.15) is 0 Å². The van der Waals surface area contributed by atoms with E-state index in [9.17, 15) is 0 Å². The molecule has 0 radical (unpaired) electrons. The van der Waals surface area contributed by atoms with Gasteiger partial charge in [-0.25, -0.2) is 0 Å². The zero-order valence-corrected chi connectivity index (χ0v) is 7.14. The maximum atomic E-state index is 5.48.